The Bertz CT molecular complexity index is 780. The largest absolute Gasteiger partial charge is 0.421 e. The first-order valence-corrected chi connectivity index (χ1v) is 12.4. The van der Waals surface area contributed by atoms with Gasteiger partial charge in [-0.3, -0.25) is 4.57 Å². The van der Waals surface area contributed by atoms with Crippen LogP contribution >= 0.6 is 11.6 Å². The number of nitrogens with two attached hydrogens (primary N) is 1. The summed E-state index contributed by atoms with van der Waals surface area (Å²) in [5.41, 5.74) is 2.33. The van der Waals surface area contributed by atoms with E-state index in [1.54, 1.807) is 0 Å². The van der Waals surface area contributed by atoms with Gasteiger partial charge in [-0.15, -0.1) is 11.6 Å². The molecule has 0 aliphatic carbocycles. The molecular weight excluding hydrogens is 415 g/mol. The predicted molar refractivity (Wildman–Crippen MR) is 104 cm³/mol. The first-order valence-electron chi connectivity index (χ1n) is 8.95. The fraction of sp³-hybridized carbons (Fsp3) is 0.765. The normalized spacial score (nSPS) is 24.0. The molecule has 1 aromatic rings. The van der Waals surface area contributed by atoms with Crippen molar-refractivity contribution >= 4 is 25.7 Å². The summed E-state index contributed by atoms with van der Waals surface area (Å²) in [6.45, 7) is 10.7. The van der Waals surface area contributed by atoms with Gasteiger partial charge >= 0.3 is 11.9 Å². The number of anilines is 1. The smallest absolute Gasteiger partial charge is 0.414 e. The van der Waals surface area contributed by atoms with Gasteiger partial charge in [0.1, 0.15) is 23.2 Å². The third-order valence-corrected chi connectivity index (χ3v) is 10.5. The van der Waals surface area contributed by atoms with E-state index in [2.05, 4.69) is 38.8 Å². The highest BCUT2D eigenvalue weighted by molar-refractivity contribution is 6.74. The molecule has 1 aliphatic heterocycles. The molecule has 1 fully saturated rings. The van der Waals surface area contributed by atoms with E-state index in [4.69, 9.17) is 26.5 Å². The number of hydrogen-bond donors (Lipinski definition) is 1. The van der Waals surface area contributed by atoms with Crippen LogP contribution in [0.1, 0.15) is 45.4 Å². The third kappa shape index (κ3) is 4.72. The molecule has 1 saturated heterocycles. The summed E-state index contributed by atoms with van der Waals surface area (Å²) in [5, 5.41) is -0.0159. The van der Waals surface area contributed by atoms with Crippen LogP contribution in [-0.2, 0) is 15.3 Å². The second kappa shape index (κ2) is 7.62. The maximum atomic E-state index is 13.1. The van der Waals surface area contributed by atoms with Gasteiger partial charge in [-0.25, -0.2) is 4.79 Å². The number of nitrogen functional groups attached to an aromatic ring is 1. The molecule has 28 heavy (non-hydrogen) atoms. The van der Waals surface area contributed by atoms with Crippen LogP contribution in [0.2, 0.25) is 18.1 Å². The Balaban J connectivity index is 2.25. The van der Waals surface area contributed by atoms with Crippen molar-refractivity contribution in [2.24, 2.45) is 0 Å². The highest BCUT2D eigenvalue weighted by atomic mass is 35.5. The minimum atomic E-state index is -4.72. The summed E-state index contributed by atoms with van der Waals surface area (Å²) in [4.78, 5) is 15.4. The number of ether oxygens (including phenoxy) is 1. The van der Waals surface area contributed by atoms with Gasteiger partial charge in [0.25, 0.3) is 0 Å². The van der Waals surface area contributed by atoms with Crippen molar-refractivity contribution in [3.05, 3.63) is 22.2 Å². The molecule has 0 aromatic carbocycles. The second-order valence-corrected chi connectivity index (χ2v) is 13.8. The van der Waals surface area contributed by atoms with E-state index < -0.39 is 43.4 Å². The van der Waals surface area contributed by atoms with Crippen LogP contribution in [0.3, 0.4) is 0 Å². The fourth-order valence-electron chi connectivity index (χ4n) is 2.67. The number of hydrogen-bond acceptors (Lipinski definition) is 5. The van der Waals surface area contributed by atoms with Gasteiger partial charge < -0.3 is 14.9 Å². The Morgan fingerprint density at radius 2 is 2.04 bits per heavy atom. The van der Waals surface area contributed by atoms with Crippen molar-refractivity contribution in [2.45, 2.75) is 69.8 Å². The van der Waals surface area contributed by atoms with Crippen LogP contribution in [0.25, 0.3) is 0 Å². The van der Waals surface area contributed by atoms with Crippen LogP contribution in [0.15, 0.2) is 11.0 Å². The summed E-state index contributed by atoms with van der Waals surface area (Å²) in [7, 11) is -2.07. The number of aromatic nitrogens is 2. The van der Waals surface area contributed by atoms with Crippen LogP contribution in [0.4, 0.5) is 19.0 Å². The van der Waals surface area contributed by atoms with Crippen molar-refractivity contribution < 1.29 is 22.3 Å². The van der Waals surface area contributed by atoms with Crippen LogP contribution < -0.4 is 11.4 Å². The van der Waals surface area contributed by atoms with Gasteiger partial charge in [0.2, 0.25) is 0 Å². The van der Waals surface area contributed by atoms with Gasteiger partial charge in [0.15, 0.2) is 8.32 Å². The lowest BCUT2D eigenvalue weighted by molar-refractivity contribution is -0.138. The lowest BCUT2D eigenvalue weighted by Gasteiger charge is -2.39. The SMILES string of the molecule is CC(C)(C)[Si](C)(C)OC[C@]1(CCl)CC[C@H](n2cc(C(F)(F)F)c(N)nc2=O)O1. The van der Waals surface area contributed by atoms with Crippen molar-refractivity contribution in [1.82, 2.24) is 9.55 Å². The first kappa shape index (κ1) is 23.2. The number of rotatable bonds is 5. The van der Waals surface area contributed by atoms with Crippen molar-refractivity contribution in [3.63, 3.8) is 0 Å². The Labute approximate surface area is 168 Å². The molecule has 6 nitrogen and oxygen atoms in total. The Kier molecular flexibility index (Phi) is 6.31. The van der Waals surface area contributed by atoms with Crippen LogP contribution in [-0.4, -0.2) is 36.0 Å². The molecule has 0 radical (unpaired) electrons. The summed E-state index contributed by atoms with van der Waals surface area (Å²) >= 11 is 6.14. The third-order valence-electron chi connectivity index (χ3n) is 5.58. The Morgan fingerprint density at radius 3 is 2.54 bits per heavy atom. The number of nitrogens with zero attached hydrogens (tertiary/aromatic N) is 2. The second-order valence-electron chi connectivity index (χ2n) is 8.70. The average Bonchev–Trinajstić information content (AvgIpc) is 2.96. The van der Waals surface area contributed by atoms with Gasteiger partial charge in [-0.1, -0.05) is 20.8 Å². The minimum Gasteiger partial charge on any atom is -0.414 e. The topological polar surface area (TPSA) is 79.4 Å². The molecule has 2 N–H and O–H groups in total. The zero-order chi connectivity index (χ0) is 21.5. The Hall–Kier alpha value is -1.10. The maximum absolute atomic E-state index is 13.1. The van der Waals surface area contributed by atoms with Crippen LogP contribution in [0.5, 0.6) is 0 Å². The molecule has 1 aliphatic rings. The first-order chi connectivity index (χ1) is 12.6. The van der Waals surface area contributed by atoms with Crippen molar-refractivity contribution in [2.75, 3.05) is 18.2 Å². The van der Waals surface area contributed by atoms with E-state index in [0.29, 0.717) is 19.0 Å². The monoisotopic (exact) mass is 441 g/mol. The molecule has 2 heterocycles. The van der Waals surface area contributed by atoms with Gasteiger partial charge in [0, 0.05) is 6.20 Å². The molecular formula is C17H27ClF3N3O3Si. The van der Waals surface area contributed by atoms with Crippen LogP contribution in [0, 0.1) is 0 Å². The minimum absolute atomic E-state index is 0.0159. The average molecular weight is 442 g/mol. The zero-order valence-electron chi connectivity index (χ0n) is 16.7. The summed E-state index contributed by atoms with van der Waals surface area (Å²) in [6.07, 6.45) is -4.21. The fourth-order valence-corrected chi connectivity index (χ4v) is 4.00. The molecule has 0 bridgehead atoms. The number of halogens is 4. The van der Waals surface area contributed by atoms with Gasteiger partial charge in [-0.2, -0.15) is 18.2 Å². The predicted octanol–water partition coefficient (Wildman–Crippen LogP) is 4.15. The molecule has 1 aromatic heterocycles. The maximum Gasteiger partial charge on any atom is 0.421 e. The van der Waals surface area contributed by atoms with E-state index in [9.17, 15) is 18.0 Å². The zero-order valence-corrected chi connectivity index (χ0v) is 18.4. The van der Waals surface area contributed by atoms with E-state index in [-0.39, 0.29) is 17.5 Å². The molecule has 2 atom stereocenters. The van der Waals surface area contributed by atoms with E-state index in [1.165, 1.54) is 0 Å². The van der Waals surface area contributed by atoms with Gasteiger partial charge in [-0.05, 0) is 31.0 Å². The lowest BCUT2D eigenvalue weighted by Crippen LogP contribution is -2.47. The lowest BCUT2D eigenvalue weighted by atomic mass is 10.0. The highest BCUT2D eigenvalue weighted by Gasteiger charge is 2.45. The molecule has 0 saturated carbocycles. The van der Waals surface area contributed by atoms with E-state index in [0.717, 1.165) is 4.57 Å². The molecule has 2 rings (SSSR count). The molecule has 160 valence electrons. The standard InChI is InChI=1S/C17H27ClF3N3O3Si/c1-15(2,3)28(4,5)26-10-16(9-18)7-6-12(27-16)24-8-11(17(19,20)21)13(22)23-14(24)25/h8,12H,6-7,9-10H2,1-5H3,(H2,22,23,25)/t12-,16-/m1/s1. The highest BCUT2D eigenvalue weighted by Crippen LogP contribution is 2.42. The number of alkyl halides is 4. The molecule has 11 heteroatoms. The Morgan fingerprint density at radius 1 is 1.43 bits per heavy atom. The van der Waals surface area contributed by atoms with Crippen molar-refractivity contribution in [1.29, 1.82) is 0 Å². The summed E-state index contributed by atoms with van der Waals surface area (Å²) in [5.74, 6) is -0.752. The molecule has 0 amide bonds. The molecule has 0 unspecified atom stereocenters. The van der Waals surface area contributed by atoms with Gasteiger partial charge in [0.05, 0.1) is 12.5 Å². The van der Waals surface area contributed by atoms with E-state index in [1.807, 2.05) is 0 Å². The summed E-state index contributed by atoms with van der Waals surface area (Å²) < 4.78 is 52.4. The molecule has 0 spiro atoms. The quantitative estimate of drug-likeness (QED) is 0.548. The van der Waals surface area contributed by atoms with E-state index >= 15 is 0 Å². The van der Waals surface area contributed by atoms with Crippen molar-refractivity contribution in [3.8, 4) is 0 Å². The summed E-state index contributed by atoms with van der Waals surface area (Å²) in [6, 6.07) is 0.